The first-order valence-electron chi connectivity index (χ1n) is 14.0. The lowest BCUT2D eigenvalue weighted by Crippen LogP contribution is -2.48. The highest BCUT2D eigenvalue weighted by atomic mass is 16.7. The van der Waals surface area contributed by atoms with Gasteiger partial charge in [-0.2, -0.15) is 0 Å². The minimum absolute atomic E-state index is 0.000216. The second kappa shape index (κ2) is 11.0. The summed E-state index contributed by atoms with van der Waals surface area (Å²) in [6, 6.07) is 22.2. The van der Waals surface area contributed by atoms with E-state index in [1.54, 1.807) is 0 Å². The third kappa shape index (κ3) is 5.15. The van der Waals surface area contributed by atoms with Gasteiger partial charge in [-0.15, -0.1) is 0 Å². The molecule has 2 fully saturated rings. The largest absolute Gasteiger partial charge is 0.366 e. The number of nitrogens with zero attached hydrogens (tertiary/aromatic N) is 4. The summed E-state index contributed by atoms with van der Waals surface area (Å²) in [5, 5.41) is 26.8. The number of hydrogen-bond acceptors (Lipinski definition) is 8. The van der Waals surface area contributed by atoms with Crippen molar-refractivity contribution >= 4 is 29.0 Å². The lowest BCUT2D eigenvalue weighted by molar-refractivity contribution is -0.394. The molecule has 2 bridgehead atoms. The summed E-state index contributed by atoms with van der Waals surface area (Å²) in [5.74, 6) is -1.06. The summed E-state index contributed by atoms with van der Waals surface area (Å²) in [6.45, 7) is 6.97. The number of nitro benzene ring substituents is 2. The van der Waals surface area contributed by atoms with Crippen molar-refractivity contribution in [3.63, 3.8) is 0 Å². The first-order valence-corrected chi connectivity index (χ1v) is 14.0. The van der Waals surface area contributed by atoms with Crippen LogP contribution < -0.4 is 0 Å². The van der Waals surface area contributed by atoms with Crippen LogP contribution in [0, 0.1) is 36.5 Å². The third-order valence-corrected chi connectivity index (χ3v) is 9.66. The maximum absolute atomic E-state index is 14.6. The van der Waals surface area contributed by atoms with E-state index in [4.69, 9.17) is 4.84 Å². The van der Waals surface area contributed by atoms with Gasteiger partial charge in [-0.1, -0.05) is 86.6 Å². The fourth-order valence-corrected chi connectivity index (χ4v) is 6.68. The average molecular weight is 585 g/mol. The molecule has 0 radical (unpaired) electrons. The summed E-state index contributed by atoms with van der Waals surface area (Å²) < 4.78 is 0. The topological polar surface area (TPSA) is 145 Å². The molecule has 0 spiro atoms. The standard InChI is InChI=1S/C32H32N4O7/c1-30(2)31(3)14-15-32(30,29(38)34(20-22-10-6-4-7-11-22)21-23-12-8-5-9-13-23)19-27(31)33-43-28(37)24-16-25(35(39)40)18-26(17-24)36(41)42/h4-13,16-18H,14-15,19-21H2,1-3H3/b33-27+. The predicted octanol–water partition coefficient (Wildman–Crippen LogP) is 6.46. The highest BCUT2D eigenvalue weighted by Crippen LogP contribution is 2.71. The van der Waals surface area contributed by atoms with Crippen molar-refractivity contribution < 1.29 is 24.3 Å². The molecule has 2 unspecified atom stereocenters. The molecule has 3 aromatic rings. The molecule has 11 heteroatoms. The van der Waals surface area contributed by atoms with Gasteiger partial charge in [0.05, 0.1) is 32.6 Å². The smallest absolute Gasteiger partial charge is 0.334 e. The Kier molecular flexibility index (Phi) is 7.59. The van der Waals surface area contributed by atoms with Crippen LogP contribution in [0.15, 0.2) is 84.0 Å². The maximum Gasteiger partial charge on any atom is 0.366 e. The number of fused-ring (bicyclic) bond motifs is 2. The lowest BCUT2D eigenvalue weighted by atomic mass is 9.64. The molecule has 43 heavy (non-hydrogen) atoms. The Labute approximate surface area is 248 Å². The van der Waals surface area contributed by atoms with E-state index in [9.17, 15) is 29.8 Å². The van der Waals surface area contributed by atoms with E-state index in [0.29, 0.717) is 31.6 Å². The quantitative estimate of drug-likeness (QED) is 0.159. The van der Waals surface area contributed by atoms with Gasteiger partial charge in [0.2, 0.25) is 5.91 Å². The SMILES string of the molecule is CC12CCC(C(=O)N(Cc3ccccc3)Cc3ccccc3)(C/C1=N\OC(=O)c1cc([N+](=O)[O-])cc([N+](=O)[O-])c1)C2(C)C. The number of non-ortho nitro benzene ring substituents is 2. The van der Waals surface area contributed by atoms with Gasteiger partial charge < -0.3 is 9.74 Å². The van der Waals surface area contributed by atoms with E-state index in [-0.39, 0.29) is 17.9 Å². The van der Waals surface area contributed by atoms with E-state index in [2.05, 4.69) is 19.0 Å². The number of carbonyl (C=O) groups is 2. The predicted molar refractivity (Wildman–Crippen MR) is 158 cm³/mol. The minimum Gasteiger partial charge on any atom is -0.334 e. The Hall–Kier alpha value is -4.93. The van der Waals surface area contributed by atoms with Crippen LogP contribution in [0.1, 0.15) is 61.5 Å². The van der Waals surface area contributed by atoms with Crippen LogP contribution in [0.2, 0.25) is 0 Å². The molecular formula is C32H32N4O7. The van der Waals surface area contributed by atoms with E-state index in [1.807, 2.05) is 72.5 Å². The zero-order valence-electron chi connectivity index (χ0n) is 24.2. The van der Waals surface area contributed by atoms with Crippen LogP contribution >= 0.6 is 0 Å². The molecule has 2 aliphatic rings. The van der Waals surface area contributed by atoms with E-state index in [0.717, 1.165) is 29.3 Å². The monoisotopic (exact) mass is 584 g/mol. The first-order chi connectivity index (χ1) is 20.4. The highest BCUT2D eigenvalue weighted by Gasteiger charge is 2.72. The van der Waals surface area contributed by atoms with Crippen LogP contribution in [-0.2, 0) is 22.7 Å². The normalized spacial score (nSPS) is 22.7. The number of benzene rings is 3. The van der Waals surface area contributed by atoms with Crippen LogP contribution in [-0.4, -0.2) is 32.3 Å². The molecule has 5 rings (SSSR count). The summed E-state index contributed by atoms with van der Waals surface area (Å²) in [6.07, 6.45) is 1.56. The Morgan fingerprint density at radius 2 is 1.35 bits per heavy atom. The van der Waals surface area contributed by atoms with Gasteiger partial charge >= 0.3 is 5.97 Å². The zero-order valence-corrected chi connectivity index (χ0v) is 24.2. The molecule has 0 heterocycles. The lowest BCUT2D eigenvalue weighted by Gasteiger charge is -2.42. The second-order valence-electron chi connectivity index (χ2n) is 12.0. The van der Waals surface area contributed by atoms with Gasteiger partial charge in [0.1, 0.15) is 0 Å². The molecule has 0 aliphatic heterocycles. The second-order valence-corrected chi connectivity index (χ2v) is 12.0. The van der Waals surface area contributed by atoms with Crippen LogP contribution in [0.5, 0.6) is 0 Å². The van der Waals surface area contributed by atoms with Crippen LogP contribution in [0.4, 0.5) is 11.4 Å². The Morgan fingerprint density at radius 3 is 1.84 bits per heavy atom. The van der Waals surface area contributed by atoms with Crippen LogP contribution in [0.3, 0.4) is 0 Å². The summed E-state index contributed by atoms with van der Waals surface area (Å²) in [7, 11) is 0. The Balaban J connectivity index is 1.45. The van der Waals surface area contributed by atoms with Crippen molar-refractivity contribution in [1.29, 1.82) is 0 Å². The molecule has 0 aromatic heterocycles. The van der Waals surface area contributed by atoms with Gasteiger partial charge in [-0.25, -0.2) is 4.79 Å². The number of carbonyl (C=O) groups excluding carboxylic acids is 2. The molecule has 222 valence electrons. The van der Waals surface area contributed by atoms with Gasteiger partial charge in [-0.3, -0.25) is 25.0 Å². The minimum atomic E-state index is -1.06. The van der Waals surface area contributed by atoms with Crippen molar-refractivity contribution in [1.82, 2.24) is 4.90 Å². The average Bonchev–Trinajstić information content (AvgIpc) is 3.30. The van der Waals surface area contributed by atoms with Gasteiger partial charge in [-0.05, 0) is 29.4 Å². The summed E-state index contributed by atoms with van der Waals surface area (Å²) in [5.41, 5.74) is -0.930. The number of rotatable bonds is 9. The van der Waals surface area contributed by atoms with Crippen molar-refractivity contribution in [2.24, 2.45) is 21.4 Å². The molecule has 2 saturated carbocycles. The van der Waals surface area contributed by atoms with Crippen LogP contribution in [0.25, 0.3) is 0 Å². The van der Waals surface area contributed by atoms with Crippen molar-refractivity contribution in [2.45, 2.75) is 53.1 Å². The Morgan fingerprint density at radius 1 is 0.837 bits per heavy atom. The number of amides is 1. The van der Waals surface area contributed by atoms with Gasteiger partial charge in [0, 0.05) is 37.1 Å². The van der Waals surface area contributed by atoms with Crippen molar-refractivity contribution in [2.75, 3.05) is 0 Å². The Bertz CT molecular complexity index is 1550. The van der Waals surface area contributed by atoms with Crippen molar-refractivity contribution in [3.8, 4) is 0 Å². The first kappa shape index (κ1) is 29.6. The molecular weight excluding hydrogens is 552 g/mol. The fourth-order valence-electron chi connectivity index (χ4n) is 6.68. The molecule has 0 saturated heterocycles. The maximum atomic E-state index is 14.6. The summed E-state index contributed by atoms with van der Waals surface area (Å²) >= 11 is 0. The molecule has 3 aromatic carbocycles. The molecule has 1 amide bonds. The van der Waals surface area contributed by atoms with Gasteiger partial charge in [0.15, 0.2) is 0 Å². The van der Waals surface area contributed by atoms with Gasteiger partial charge in [0.25, 0.3) is 11.4 Å². The van der Waals surface area contributed by atoms with Crippen molar-refractivity contribution in [3.05, 3.63) is 116 Å². The highest BCUT2D eigenvalue weighted by molar-refractivity contribution is 6.03. The number of hydrogen-bond donors (Lipinski definition) is 0. The van der Waals surface area contributed by atoms with E-state index >= 15 is 0 Å². The van der Waals surface area contributed by atoms with E-state index < -0.39 is 43.4 Å². The molecule has 2 atom stereocenters. The third-order valence-electron chi connectivity index (χ3n) is 9.66. The number of oxime groups is 1. The summed E-state index contributed by atoms with van der Waals surface area (Å²) in [4.78, 5) is 55.6. The fraction of sp³-hybridized carbons (Fsp3) is 0.344. The zero-order chi connectivity index (χ0) is 31.0. The molecule has 0 N–H and O–H groups in total. The molecule has 2 aliphatic carbocycles. The molecule has 11 nitrogen and oxygen atoms in total. The number of nitro groups is 2. The van der Waals surface area contributed by atoms with E-state index in [1.165, 1.54) is 0 Å².